The molecule has 0 aliphatic rings. The van der Waals surface area contributed by atoms with Gasteiger partial charge < -0.3 is 4.43 Å². The van der Waals surface area contributed by atoms with Gasteiger partial charge in [0.15, 0.2) is 0 Å². The molecular weight excluding hydrogens is 248 g/mol. The summed E-state index contributed by atoms with van der Waals surface area (Å²) in [5.41, 5.74) is 0. The third-order valence-electron chi connectivity index (χ3n) is 3.33. The number of rotatable bonds is 3. The lowest BCUT2D eigenvalue weighted by molar-refractivity contribution is 0.492. The van der Waals surface area contributed by atoms with Crippen molar-refractivity contribution in [2.45, 2.75) is 43.8 Å². The molecule has 0 aliphatic heterocycles. The first-order valence-corrected chi connectivity index (χ1v) is 10.2. The van der Waals surface area contributed by atoms with Gasteiger partial charge in [0.1, 0.15) is 5.75 Å². The average Bonchev–Trinajstić information content (AvgIpc) is 2.16. The summed E-state index contributed by atoms with van der Waals surface area (Å²) >= 11 is 0. The summed E-state index contributed by atoms with van der Waals surface area (Å²) in [6, 6.07) is 7.58. The van der Waals surface area contributed by atoms with Crippen LogP contribution in [0.3, 0.4) is 0 Å². The van der Waals surface area contributed by atoms with Crippen molar-refractivity contribution in [2.75, 3.05) is 6.26 Å². The van der Waals surface area contributed by atoms with Gasteiger partial charge in [-0.3, -0.25) is 4.21 Å². The van der Waals surface area contributed by atoms with Crippen molar-refractivity contribution in [1.82, 2.24) is 0 Å². The first kappa shape index (κ1) is 14.4. The Bertz CT molecular complexity index is 404. The minimum atomic E-state index is -1.77. The lowest BCUT2D eigenvalue weighted by atomic mass is 10.2. The lowest BCUT2D eigenvalue weighted by Crippen LogP contribution is -2.43. The molecule has 1 atom stereocenters. The predicted molar refractivity (Wildman–Crippen MR) is 76.6 cm³/mol. The molecule has 1 aromatic rings. The largest absolute Gasteiger partial charge is 0.544 e. The highest BCUT2D eigenvalue weighted by molar-refractivity contribution is 7.84. The van der Waals surface area contributed by atoms with E-state index in [2.05, 4.69) is 33.9 Å². The topological polar surface area (TPSA) is 26.3 Å². The zero-order valence-corrected chi connectivity index (χ0v) is 13.4. The van der Waals surface area contributed by atoms with Gasteiger partial charge in [-0.2, -0.15) is 0 Å². The van der Waals surface area contributed by atoms with E-state index in [4.69, 9.17) is 4.43 Å². The number of hydrogen-bond acceptors (Lipinski definition) is 2. The van der Waals surface area contributed by atoms with E-state index < -0.39 is 19.1 Å². The van der Waals surface area contributed by atoms with Gasteiger partial charge in [-0.05, 0) is 42.4 Å². The summed E-state index contributed by atoms with van der Waals surface area (Å²) in [6.45, 7) is 11.1. The molecule has 17 heavy (non-hydrogen) atoms. The summed E-state index contributed by atoms with van der Waals surface area (Å²) in [4.78, 5) is 0.840. The monoisotopic (exact) mass is 270 g/mol. The van der Waals surface area contributed by atoms with Crippen molar-refractivity contribution in [2.24, 2.45) is 0 Å². The fourth-order valence-electron chi connectivity index (χ4n) is 1.15. The maximum absolute atomic E-state index is 11.3. The first-order valence-electron chi connectivity index (χ1n) is 5.76. The molecule has 0 aliphatic carbocycles. The zero-order valence-electron chi connectivity index (χ0n) is 11.5. The van der Waals surface area contributed by atoms with Crippen molar-refractivity contribution in [3.63, 3.8) is 0 Å². The Hall–Kier alpha value is -0.613. The van der Waals surface area contributed by atoms with Crippen molar-refractivity contribution in [3.05, 3.63) is 24.3 Å². The highest BCUT2D eigenvalue weighted by Crippen LogP contribution is 2.37. The Kier molecular flexibility index (Phi) is 4.20. The van der Waals surface area contributed by atoms with Gasteiger partial charge in [0, 0.05) is 22.0 Å². The van der Waals surface area contributed by atoms with Crippen LogP contribution in [0.25, 0.3) is 0 Å². The van der Waals surface area contributed by atoms with Crippen molar-refractivity contribution in [3.8, 4) is 5.75 Å². The van der Waals surface area contributed by atoms with Crippen LogP contribution in [0.4, 0.5) is 0 Å². The molecule has 0 amide bonds. The third kappa shape index (κ3) is 3.68. The maximum atomic E-state index is 11.3. The molecule has 0 aromatic heterocycles. The van der Waals surface area contributed by atoms with Gasteiger partial charge in [-0.1, -0.05) is 20.8 Å². The van der Waals surface area contributed by atoms with Crippen molar-refractivity contribution < 1.29 is 8.63 Å². The minimum absolute atomic E-state index is 0.194. The van der Waals surface area contributed by atoms with Crippen LogP contribution < -0.4 is 4.43 Å². The normalized spacial score (nSPS) is 14.5. The Morgan fingerprint density at radius 3 is 1.94 bits per heavy atom. The molecule has 0 spiro atoms. The van der Waals surface area contributed by atoms with Crippen LogP contribution >= 0.6 is 0 Å². The summed E-state index contributed by atoms with van der Waals surface area (Å²) in [6.07, 6.45) is 1.68. The number of hydrogen-bond donors (Lipinski definition) is 0. The first-order chi connectivity index (χ1) is 7.63. The molecule has 0 heterocycles. The van der Waals surface area contributed by atoms with E-state index in [0.717, 1.165) is 10.6 Å². The number of benzene rings is 1. The Morgan fingerprint density at radius 1 is 1.12 bits per heavy atom. The summed E-state index contributed by atoms with van der Waals surface area (Å²) < 4.78 is 17.4. The van der Waals surface area contributed by atoms with Crippen LogP contribution in [0.1, 0.15) is 20.8 Å². The van der Waals surface area contributed by atoms with Crippen molar-refractivity contribution in [1.29, 1.82) is 0 Å². The molecule has 96 valence electrons. The van der Waals surface area contributed by atoms with E-state index in [-0.39, 0.29) is 5.04 Å². The fourth-order valence-corrected chi connectivity index (χ4v) is 2.70. The van der Waals surface area contributed by atoms with Crippen LogP contribution in [0, 0.1) is 0 Å². The molecule has 0 saturated carbocycles. The smallest absolute Gasteiger partial charge is 0.250 e. The quantitative estimate of drug-likeness (QED) is 0.781. The Balaban J connectivity index is 2.86. The average molecular weight is 270 g/mol. The van der Waals surface area contributed by atoms with Crippen LogP contribution in [0.2, 0.25) is 18.1 Å². The minimum Gasteiger partial charge on any atom is -0.544 e. The molecule has 1 unspecified atom stereocenters. The molecule has 0 radical (unpaired) electrons. The van der Waals surface area contributed by atoms with E-state index in [1.165, 1.54) is 0 Å². The zero-order chi connectivity index (χ0) is 13.3. The predicted octanol–water partition coefficient (Wildman–Crippen LogP) is 3.81. The molecule has 0 N–H and O–H groups in total. The maximum Gasteiger partial charge on any atom is 0.250 e. The SMILES string of the molecule is CS(=O)c1ccc(O[Si](C)(C)C(C)(C)C)cc1. The second-order valence-corrected chi connectivity index (χ2v) is 11.9. The highest BCUT2D eigenvalue weighted by atomic mass is 32.2. The van der Waals surface area contributed by atoms with Gasteiger partial charge in [0.2, 0.25) is 8.32 Å². The molecule has 1 rings (SSSR count). The van der Waals surface area contributed by atoms with Crippen LogP contribution in [0.5, 0.6) is 5.75 Å². The molecule has 4 heteroatoms. The van der Waals surface area contributed by atoms with Crippen LogP contribution in [-0.4, -0.2) is 18.8 Å². The standard InChI is InChI=1S/C13H22O2SSi/c1-13(2,3)17(5,6)15-11-7-9-12(10-8-11)16(4)14/h7-10H,1-6H3. The Morgan fingerprint density at radius 2 is 1.59 bits per heavy atom. The van der Waals surface area contributed by atoms with Crippen LogP contribution in [0.15, 0.2) is 29.2 Å². The van der Waals surface area contributed by atoms with E-state index in [0.29, 0.717) is 0 Å². The summed E-state index contributed by atoms with van der Waals surface area (Å²) in [5.74, 6) is 0.880. The third-order valence-corrected chi connectivity index (χ3v) is 8.63. The van der Waals surface area contributed by atoms with E-state index in [1.54, 1.807) is 6.26 Å². The molecule has 0 fully saturated rings. The van der Waals surface area contributed by atoms with Crippen molar-refractivity contribution >= 4 is 19.1 Å². The highest BCUT2D eigenvalue weighted by Gasteiger charge is 2.38. The van der Waals surface area contributed by atoms with Gasteiger partial charge in [0.05, 0.1) is 0 Å². The Labute approximate surface area is 108 Å². The molecule has 0 bridgehead atoms. The molecular formula is C13H22O2SSi. The second-order valence-electron chi connectivity index (χ2n) is 5.79. The van der Waals surface area contributed by atoms with Gasteiger partial charge in [-0.15, -0.1) is 0 Å². The van der Waals surface area contributed by atoms with E-state index in [1.807, 2.05) is 24.3 Å². The molecule has 2 nitrogen and oxygen atoms in total. The molecule has 1 aromatic carbocycles. The second kappa shape index (κ2) is 4.94. The summed E-state index contributed by atoms with van der Waals surface area (Å²) in [5, 5.41) is 0.194. The lowest BCUT2D eigenvalue weighted by Gasteiger charge is -2.36. The summed E-state index contributed by atoms with van der Waals surface area (Å²) in [7, 11) is -2.69. The van der Waals surface area contributed by atoms with Gasteiger partial charge >= 0.3 is 0 Å². The van der Waals surface area contributed by atoms with E-state index in [9.17, 15) is 4.21 Å². The van der Waals surface area contributed by atoms with E-state index >= 15 is 0 Å². The fraction of sp³-hybridized carbons (Fsp3) is 0.538. The van der Waals surface area contributed by atoms with Crippen LogP contribution in [-0.2, 0) is 10.8 Å². The van der Waals surface area contributed by atoms with Gasteiger partial charge in [0.25, 0.3) is 0 Å². The molecule has 0 saturated heterocycles. The van der Waals surface area contributed by atoms with Gasteiger partial charge in [-0.25, -0.2) is 0 Å².